The number of hydrogen-bond acceptors (Lipinski definition) is 8. The molecule has 1 atom stereocenters. The number of rotatable bonds is 22. The van der Waals surface area contributed by atoms with Crippen molar-refractivity contribution in [2.75, 3.05) is 13.2 Å². The third kappa shape index (κ3) is 21.4. The Bertz CT molecular complexity index is 684. The molecule has 0 aromatic carbocycles. The number of nitrogens with two attached hydrogens (primary N) is 1. The molecule has 0 aliphatic heterocycles. The Kier molecular flexibility index (Phi) is 23.0. The molecule has 12 nitrogen and oxygen atoms in total. The average molecular weight is 549 g/mol. The van der Waals surface area contributed by atoms with E-state index in [1.165, 1.54) is 44.9 Å². The lowest BCUT2D eigenvalue weighted by atomic mass is 9.96. The number of carboxylic acids is 3. The number of ether oxygens (including phenoxy) is 1. The smallest absolute Gasteiger partial charge is 0.336 e. The standard InChI is InChI=1S/C20H40N2O3.C6H8O7/c1-3-5-6-7-8-9-10-11-12-16-19(23)22-18(15-13-14-17-21)20(24)25-4-2;7-3(8)1-6(13,5(11)12)2-4(9)10/h18H,3-17,21H2,1-2H3,(H,22,23);13H,1-2H2,(H,7,8)(H,9,10)(H,11,12)/t18-;/m0./s1. The predicted molar refractivity (Wildman–Crippen MR) is 140 cm³/mol. The Morgan fingerprint density at radius 1 is 0.789 bits per heavy atom. The van der Waals surface area contributed by atoms with Crippen LogP contribution in [0.5, 0.6) is 0 Å². The number of carbonyl (C=O) groups is 5. The molecule has 0 rings (SSSR count). The quantitative estimate of drug-likeness (QED) is 0.0854. The molecule has 0 aliphatic rings. The molecule has 0 spiro atoms. The number of carboxylic acid groups (broad SMARTS) is 3. The van der Waals surface area contributed by atoms with Gasteiger partial charge < -0.3 is 36.2 Å². The molecule has 0 radical (unpaired) electrons. The summed E-state index contributed by atoms with van der Waals surface area (Å²) in [5.74, 6) is -5.40. The van der Waals surface area contributed by atoms with E-state index in [2.05, 4.69) is 12.2 Å². The number of aliphatic hydroxyl groups is 1. The molecule has 222 valence electrons. The molecule has 1 amide bonds. The zero-order valence-corrected chi connectivity index (χ0v) is 22.9. The van der Waals surface area contributed by atoms with Gasteiger partial charge in [-0.1, -0.05) is 58.3 Å². The third-order valence-corrected chi connectivity index (χ3v) is 5.65. The topological polar surface area (TPSA) is 214 Å². The van der Waals surface area contributed by atoms with Crippen molar-refractivity contribution >= 4 is 29.8 Å². The van der Waals surface area contributed by atoms with Crippen LogP contribution in [0.15, 0.2) is 0 Å². The van der Waals surface area contributed by atoms with Crippen LogP contribution in [0.25, 0.3) is 0 Å². The minimum Gasteiger partial charge on any atom is -0.481 e. The van der Waals surface area contributed by atoms with Crippen LogP contribution in [0.2, 0.25) is 0 Å². The van der Waals surface area contributed by atoms with Gasteiger partial charge in [0, 0.05) is 6.42 Å². The number of unbranched alkanes of at least 4 members (excludes halogenated alkanes) is 9. The van der Waals surface area contributed by atoms with Crippen LogP contribution >= 0.6 is 0 Å². The number of aliphatic carboxylic acids is 3. The molecular formula is C26H48N2O10. The van der Waals surface area contributed by atoms with Gasteiger partial charge in [-0.25, -0.2) is 9.59 Å². The van der Waals surface area contributed by atoms with Crippen LogP contribution in [-0.2, 0) is 28.7 Å². The number of esters is 1. The second-order valence-electron chi connectivity index (χ2n) is 9.21. The van der Waals surface area contributed by atoms with E-state index in [0.717, 1.165) is 25.7 Å². The fourth-order valence-corrected chi connectivity index (χ4v) is 3.56. The minimum atomic E-state index is -2.74. The van der Waals surface area contributed by atoms with Crippen molar-refractivity contribution in [2.24, 2.45) is 5.73 Å². The largest absolute Gasteiger partial charge is 0.481 e. The highest BCUT2D eigenvalue weighted by Gasteiger charge is 2.40. The van der Waals surface area contributed by atoms with E-state index in [9.17, 15) is 24.0 Å². The van der Waals surface area contributed by atoms with Gasteiger partial charge in [-0.15, -0.1) is 0 Å². The van der Waals surface area contributed by atoms with Crippen LogP contribution in [0.1, 0.15) is 110 Å². The first-order valence-corrected chi connectivity index (χ1v) is 13.5. The monoisotopic (exact) mass is 548 g/mol. The molecule has 0 fully saturated rings. The van der Waals surface area contributed by atoms with E-state index >= 15 is 0 Å². The van der Waals surface area contributed by atoms with Gasteiger partial charge >= 0.3 is 23.9 Å². The minimum absolute atomic E-state index is 0.0475. The summed E-state index contributed by atoms with van der Waals surface area (Å²) < 4.78 is 5.05. The number of carbonyl (C=O) groups excluding carboxylic acids is 2. The summed E-state index contributed by atoms with van der Waals surface area (Å²) in [4.78, 5) is 54.5. The SMILES string of the molecule is CCCCCCCCCCCC(=O)N[C@@H](CCCCN)C(=O)OCC.O=C(O)CC(O)(CC(=O)O)C(=O)O. The second kappa shape index (κ2) is 23.4. The first-order chi connectivity index (χ1) is 17.9. The van der Waals surface area contributed by atoms with Crippen LogP contribution in [0, 0.1) is 0 Å². The van der Waals surface area contributed by atoms with Crippen molar-refractivity contribution in [3.8, 4) is 0 Å². The average Bonchev–Trinajstić information content (AvgIpc) is 2.82. The van der Waals surface area contributed by atoms with Crippen LogP contribution in [0.3, 0.4) is 0 Å². The number of amides is 1. The number of nitrogens with one attached hydrogen (secondary N) is 1. The maximum Gasteiger partial charge on any atom is 0.336 e. The summed E-state index contributed by atoms with van der Waals surface area (Å²) >= 11 is 0. The summed E-state index contributed by atoms with van der Waals surface area (Å²) in [6.45, 7) is 4.94. The first-order valence-electron chi connectivity index (χ1n) is 13.5. The molecule has 0 saturated carbocycles. The first kappa shape index (κ1) is 37.4. The molecule has 12 heteroatoms. The van der Waals surface area contributed by atoms with E-state index < -0.39 is 42.4 Å². The van der Waals surface area contributed by atoms with E-state index in [0.29, 0.717) is 26.0 Å². The van der Waals surface area contributed by atoms with Gasteiger partial charge in [-0.05, 0) is 39.2 Å². The summed E-state index contributed by atoms with van der Waals surface area (Å²) in [6.07, 6.45) is 11.5. The molecule has 0 aliphatic carbocycles. The van der Waals surface area contributed by atoms with Crippen LogP contribution < -0.4 is 11.1 Å². The molecule has 7 N–H and O–H groups in total. The van der Waals surface area contributed by atoms with Gasteiger partial charge in [0.2, 0.25) is 5.91 Å². The van der Waals surface area contributed by atoms with Crippen molar-refractivity contribution in [1.29, 1.82) is 0 Å². The van der Waals surface area contributed by atoms with Crippen molar-refractivity contribution in [3.63, 3.8) is 0 Å². The normalized spacial score (nSPS) is 11.6. The number of hydrogen-bond donors (Lipinski definition) is 6. The highest BCUT2D eigenvalue weighted by atomic mass is 16.5. The summed E-state index contributed by atoms with van der Waals surface area (Å²) in [7, 11) is 0. The molecule has 0 aromatic heterocycles. The Balaban J connectivity index is 0. The van der Waals surface area contributed by atoms with Crippen molar-refractivity contribution < 1.29 is 49.1 Å². The summed E-state index contributed by atoms with van der Waals surface area (Å²) in [5, 5.41) is 36.6. The fourth-order valence-electron chi connectivity index (χ4n) is 3.56. The van der Waals surface area contributed by atoms with E-state index in [-0.39, 0.29) is 11.9 Å². The van der Waals surface area contributed by atoms with Gasteiger partial charge in [0.25, 0.3) is 0 Å². The lowest BCUT2D eigenvalue weighted by Gasteiger charge is -2.18. The summed E-state index contributed by atoms with van der Waals surface area (Å²) in [5.41, 5.74) is 2.75. The lowest BCUT2D eigenvalue weighted by Crippen LogP contribution is -2.42. The third-order valence-electron chi connectivity index (χ3n) is 5.65. The molecule has 0 aromatic rings. The fraction of sp³-hybridized carbons (Fsp3) is 0.808. The molecule has 0 unspecified atom stereocenters. The van der Waals surface area contributed by atoms with Gasteiger partial charge in [-0.3, -0.25) is 14.4 Å². The summed E-state index contributed by atoms with van der Waals surface area (Å²) in [6, 6.07) is -0.530. The lowest BCUT2D eigenvalue weighted by molar-refractivity contribution is -0.170. The Hall–Kier alpha value is -2.73. The van der Waals surface area contributed by atoms with Gasteiger partial charge in [0.05, 0.1) is 19.4 Å². The van der Waals surface area contributed by atoms with Crippen LogP contribution in [-0.4, -0.2) is 75.0 Å². The molecule has 0 heterocycles. The molecule has 0 bridgehead atoms. The maximum absolute atomic E-state index is 12.1. The van der Waals surface area contributed by atoms with Gasteiger partial charge in [0.15, 0.2) is 5.60 Å². The highest BCUT2D eigenvalue weighted by molar-refractivity contribution is 5.88. The molecular weight excluding hydrogens is 500 g/mol. The second-order valence-corrected chi connectivity index (χ2v) is 9.21. The van der Waals surface area contributed by atoms with E-state index in [1.54, 1.807) is 6.92 Å². The Labute approximate surface area is 225 Å². The predicted octanol–water partition coefficient (Wildman–Crippen LogP) is 2.84. The van der Waals surface area contributed by atoms with E-state index in [1.807, 2.05) is 0 Å². The van der Waals surface area contributed by atoms with Crippen molar-refractivity contribution in [2.45, 2.75) is 122 Å². The molecule has 0 saturated heterocycles. The van der Waals surface area contributed by atoms with E-state index in [4.69, 9.17) is 30.9 Å². The molecule has 38 heavy (non-hydrogen) atoms. The van der Waals surface area contributed by atoms with Crippen molar-refractivity contribution in [3.05, 3.63) is 0 Å². The van der Waals surface area contributed by atoms with Gasteiger partial charge in [-0.2, -0.15) is 0 Å². The zero-order valence-electron chi connectivity index (χ0n) is 22.9. The van der Waals surface area contributed by atoms with Crippen molar-refractivity contribution in [1.82, 2.24) is 5.32 Å². The van der Waals surface area contributed by atoms with Crippen LogP contribution in [0.4, 0.5) is 0 Å². The Morgan fingerprint density at radius 3 is 1.71 bits per heavy atom. The Morgan fingerprint density at radius 2 is 1.29 bits per heavy atom. The maximum atomic E-state index is 12.1. The highest BCUT2D eigenvalue weighted by Crippen LogP contribution is 2.16. The zero-order chi connectivity index (χ0) is 29.4. The van der Waals surface area contributed by atoms with Gasteiger partial charge in [0.1, 0.15) is 6.04 Å².